The van der Waals surface area contributed by atoms with E-state index < -0.39 is 5.60 Å². The molecule has 1 aliphatic rings. The lowest BCUT2D eigenvalue weighted by molar-refractivity contribution is -0.151. The number of carbonyl (C=O) groups is 1. The fourth-order valence-electron chi connectivity index (χ4n) is 2.55. The monoisotopic (exact) mass is 287 g/mol. The first kappa shape index (κ1) is 17.4. The van der Waals surface area contributed by atoms with Crippen LogP contribution in [0.5, 0.6) is 0 Å². The highest BCUT2D eigenvalue weighted by atomic mass is 16.5. The Hall–Kier alpha value is -0.650. The Bertz CT molecular complexity index is 288. The van der Waals surface area contributed by atoms with E-state index in [1.54, 1.807) is 0 Å². The molecule has 118 valence electrons. The first-order chi connectivity index (χ1) is 9.50. The van der Waals surface area contributed by atoms with Gasteiger partial charge < -0.3 is 19.9 Å². The summed E-state index contributed by atoms with van der Waals surface area (Å²) in [5, 5.41) is 13.8. The van der Waals surface area contributed by atoms with Crippen molar-refractivity contribution in [1.82, 2.24) is 5.32 Å². The van der Waals surface area contributed by atoms with Gasteiger partial charge in [0.05, 0.1) is 24.7 Å². The normalized spacial score (nSPS) is 28.1. The summed E-state index contributed by atoms with van der Waals surface area (Å²) >= 11 is 0. The lowest BCUT2D eigenvalue weighted by Gasteiger charge is -2.36. The second kappa shape index (κ2) is 8.60. The molecule has 0 bridgehead atoms. The van der Waals surface area contributed by atoms with Crippen molar-refractivity contribution in [2.45, 2.75) is 58.1 Å². The molecular formula is C15H29NO4. The molecule has 1 saturated carbocycles. The van der Waals surface area contributed by atoms with E-state index in [1.165, 1.54) is 0 Å². The van der Waals surface area contributed by atoms with Crippen LogP contribution in [0.4, 0.5) is 0 Å². The van der Waals surface area contributed by atoms with Crippen LogP contribution < -0.4 is 5.32 Å². The average Bonchev–Trinajstić information content (AvgIpc) is 2.44. The highest BCUT2D eigenvalue weighted by molar-refractivity contribution is 5.72. The van der Waals surface area contributed by atoms with Crippen LogP contribution in [0.2, 0.25) is 0 Å². The summed E-state index contributed by atoms with van der Waals surface area (Å²) in [6.07, 6.45) is 2.70. The lowest BCUT2D eigenvalue weighted by atomic mass is 9.78. The van der Waals surface area contributed by atoms with E-state index in [4.69, 9.17) is 9.47 Å². The highest BCUT2D eigenvalue weighted by Crippen LogP contribution is 2.32. The smallest absolute Gasteiger partial charge is 0.308 e. The van der Waals surface area contributed by atoms with Gasteiger partial charge in [-0.2, -0.15) is 0 Å². The maximum absolute atomic E-state index is 11.7. The predicted octanol–water partition coefficient (Wildman–Crippen LogP) is 1.49. The molecule has 1 fully saturated rings. The van der Waals surface area contributed by atoms with Crippen LogP contribution in [-0.4, -0.2) is 49.1 Å². The van der Waals surface area contributed by atoms with Crippen molar-refractivity contribution in [3.8, 4) is 0 Å². The minimum Gasteiger partial charge on any atom is -0.466 e. The fourth-order valence-corrected chi connectivity index (χ4v) is 2.55. The van der Waals surface area contributed by atoms with Crippen LogP contribution in [0.25, 0.3) is 0 Å². The van der Waals surface area contributed by atoms with Gasteiger partial charge in [-0.15, -0.1) is 0 Å². The Labute approximate surface area is 122 Å². The zero-order chi connectivity index (χ0) is 15.0. The van der Waals surface area contributed by atoms with Gasteiger partial charge in [-0.3, -0.25) is 4.79 Å². The number of esters is 1. The van der Waals surface area contributed by atoms with Crippen molar-refractivity contribution >= 4 is 5.97 Å². The predicted molar refractivity (Wildman–Crippen MR) is 77.5 cm³/mol. The quantitative estimate of drug-likeness (QED) is 0.662. The molecule has 1 rings (SSSR count). The second-order valence-electron chi connectivity index (χ2n) is 5.69. The summed E-state index contributed by atoms with van der Waals surface area (Å²) in [5.74, 6) is -0.164. The number of ether oxygens (including phenoxy) is 2. The van der Waals surface area contributed by atoms with Crippen molar-refractivity contribution in [3.63, 3.8) is 0 Å². The molecule has 0 amide bonds. The third-order valence-corrected chi connectivity index (χ3v) is 3.89. The minimum atomic E-state index is -0.705. The molecule has 0 aromatic carbocycles. The summed E-state index contributed by atoms with van der Waals surface area (Å²) in [6, 6.07) is 0.224. The van der Waals surface area contributed by atoms with Crippen molar-refractivity contribution in [2.24, 2.45) is 5.92 Å². The molecule has 0 saturated heterocycles. The van der Waals surface area contributed by atoms with Gasteiger partial charge >= 0.3 is 5.97 Å². The molecule has 0 radical (unpaired) electrons. The number of hydrogen-bond acceptors (Lipinski definition) is 5. The third kappa shape index (κ3) is 5.77. The summed E-state index contributed by atoms with van der Waals surface area (Å²) in [6.45, 7) is 8.17. The Morgan fingerprint density at radius 1 is 1.35 bits per heavy atom. The molecule has 0 heterocycles. The zero-order valence-corrected chi connectivity index (χ0v) is 13.0. The molecular weight excluding hydrogens is 258 g/mol. The van der Waals surface area contributed by atoms with Gasteiger partial charge in [0, 0.05) is 19.2 Å². The molecule has 5 heteroatoms. The van der Waals surface area contributed by atoms with E-state index in [9.17, 15) is 9.90 Å². The van der Waals surface area contributed by atoms with Crippen molar-refractivity contribution in [3.05, 3.63) is 0 Å². The number of nitrogens with one attached hydrogen (secondary N) is 1. The number of hydrogen-bond donors (Lipinski definition) is 2. The SMILES string of the molecule is CCOCC(C)NCC1(O)CCC(C(=O)OCC)CC1. The molecule has 0 spiro atoms. The fraction of sp³-hybridized carbons (Fsp3) is 0.933. The lowest BCUT2D eigenvalue weighted by Crippen LogP contribution is -2.47. The molecule has 1 atom stereocenters. The zero-order valence-electron chi connectivity index (χ0n) is 13.0. The summed E-state index contributed by atoms with van der Waals surface area (Å²) in [7, 11) is 0. The van der Waals surface area contributed by atoms with E-state index >= 15 is 0 Å². The Kier molecular flexibility index (Phi) is 7.48. The first-order valence-corrected chi connectivity index (χ1v) is 7.71. The van der Waals surface area contributed by atoms with E-state index in [-0.39, 0.29) is 17.9 Å². The molecule has 0 aromatic rings. The molecule has 2 N–H and O–H groups in total. The Balaban J connectivity index is 2.29. The maximum Gasteiger partial charge on any atom is 0.308 e. The van der Waals surface area contributed by atoms with Crippen LogP contribution in [0.1, 0.15) is 46.5 Å². The van der Waals surface area contributed by atoms with Crippen LogP contribution in [-0.2, 0) is 14.3 Å². The van der Waals surface area contributed by atoms with Gasteiger partial charge in [0.2, 0.25) is 0 Å². The topological polar surface area (TPSA) is 67.8 Å². The van der Waals surface area contributed by atoms with Gasteiger partial charge in [0.1, 0.15) is 0 Å². The van der Waals surface area contributed by atoms with Crippen molar-refractivity contribution in [1.29, 1.82) is 0 Å². The van der Waals surface area contributed by atoms with Crippen LogP contribution in [0.3, 0.4) is 0 Å². The van der Waals surface area contributed by atoms with E-state index in [2.05, 4.69) is 5.32 Å². The first-order valence-electron chi connectivity index (χ1n) is 7.71. The molecule has 0 aromatic heterocycles. The van der Waals surface area contributed by atoms with E-state index in [1.807, 2.05) is 20.8 Å². The third-order valence-electron chi connectivity index (χ3n) is 3.89. The summed E-state index contributed by atoms with van der Waals surface area (Å²) in [5.41, 5.74) is -0.705. The minimum absolute atomic E-state index is 0.0453. The molecule has 1 aliphatic carbocycles. The standard InChI is InChI=1S/C15H29NO4/c1-4-19-10-12(3)16-11-15(18)8-6-13(7-9-15)14(17)20-5-2/h12-13,16,18H,4-11H2,1-3H3. The largest absolute Gasteiger partial charge is 0.466 e. The maximum atomic E-state index is 11.7. The van der Waals surface area contributed by atoms with Gasteiger partial charge in [-0.05, 0) is 46.5 Å². The second-order valence-corrected chi connectivity index (χ2v) is 5.69. The highest BCUT2D eigenvalue weighted by Gasteiger charge is 2.36. The van der Waals surface area contributed by atoms with Crippen molar-refractivity contribution < 1.29 is 19.4 Å². The van der Waals surface area contributed by atoms with Gasteiger partial charge in [-0.1, -0.05) is 0 Å². The number of carbonyl (C=O) groups excluding carboxylic acids is 1. The van der Waals surface area contributed by atoms with Crippen molar-refractivity contribution in [2.75, 3.05) is 26.4 Å². The summed E-state index contributed by atoms with van der Waals surface area (Å²) in [4.78, 5) is 11.7. The van der Waals surface area contributed by atoms with E-state index in [0.717, 1.165) is 0 Å². The Morgan fingerprint density at radius 2 is 2.00 bits per heavy atom. The average molecular weight is 287 g/mol. The molecule has 20 heavy (non-hydrogen) atoms. The van der Waals surface area contributed by atoms with Gasteiger partial charge in [0.25, 0.3) is 0 Å². The number of rotatable bonds is 8. The van der Waals surface area contributed by atoms with Crippen LogP contribution in [0.15, 0.2) is 0 Å². The number of aliphatic hydroxyl groups is 1. The molecule has 5 nitrogen and oxygen atoms in total. The Morgan fingerprint density at radius 3 is 2.55 bits per heavy atom. The molecule has 1 unspecified atom stereocenters. The molecule has 0 aliphatic heterocycles. The van der Waals surface area contributed by atoms with Gasteiger partial charge in [-0.25, -0.2) is 0 Å². The summed E-state index contributed by atoms with van der Waals surface area (Å²) < 4.78 is 10.4. The van der Waals surface area contributed by atoms with Crippen LogP contribution >= 0.6 is 0 Å². The van der Waals surface area contributed by atoms with E-state index in [0.29, 0.717) is 52.0 Å². The van der Waals surface area contributed by atoms with Gasteiger partial charge in [0.15, 0.2) is 0 Å². The van der Waals surface area contributed by atoms with Crippen LogP contribution in [0, 0.1) is 5.92 Å².